The molecule has 19 heavy (non-hydrogen) atoms. The number of amides is 2. The molecule has 3 N–H and O–H groups in total. The molecule has 0 saturated carbocycles. The maximum absolute atomic E-state index is 11.7. The van der Waals surface area contributed by atoms with E-state index in [0.717, 1.165) is 0 Å². The summed E-state index contributed by atoms with van der Waals surface area (Å²) in [6.45, 7) is 1.80. The first kappa shape index (κ1) is 15.1. The molecule has 0 aliphatic heterocycles. The molecule has 1 aromatic rings. The molecule has 0 saturated heterocycles. The van der Waals surface area contributed by atoms with Crippen LogP contribution in [0.1, 0.15) is 13.3 Å². The number of urea groups is 1. The number of methoxy groups -OCH3 is 2. The minimum absolute atomic E-state index is 0.0874. The highest BCUT2D eigenvalue weighted by Gasteiger charge is 2.10. The quantitative estimate of drug-likeness (QED) is 0.732. The van der Waals surface area contributed by atoms with Crippen LogP contribution in [-0.2, 0) is 0 Å². The number of ether oxygens (including phenoxy) is 2. The van der Waals surface area contributed by atoms with Crippen LogP contribution >= 0.6 is 0 Å². The molecule has 1 rings (SSSR count). The highest BCUT2D eigenvalue weighted by atomic mass is 16.5. The number of rotatable bonds is 6. The van der Waals surface area contributed by atoms with E-state index >= 15 is 0 Å². The minimum Gasteiger partial charge on any atom is -0.493 e. The molecule has 0 heterocycles. The molecule has 0 radical (unpaired) electrons. The second-order valence-corrected chi connectivity index (χ2v) is 3.96. The Balaban J connectivity index is 2.69. The monoisotopic (exact) mass is 268 g/mol. The molecule has 0 aromatic heterocycles. The zero-order valence-electron chi connectivity index (χ0n) is 11.4. The Hall–Kier alpha value is -1.95. The Labute approximate surface area is 112 Å². The first-order chi connectivity index (χ1) is 9.14. The van der Waals surface area contributed by atoms with Gasteiger partial charge in [0.1, 0.15) is 0 Å². The number of nitrogens with one attached hydrogen (secondary N) is 2. The van der Waals surface area contributed by atoms with Crippen LogP contribution in [0.25, 0.3) is 0 Å². The minimum atomic E-state index is -0.367. The summed E-state index contributed by atoms with van der Waals surface area (Å²) in [5.74, 6) is 1.13. The number of benzene rings is 1. The Morgan fingerprint density at radius 3 is 2.53 bits per heavy atom. The fourth-order valence-electron chi connectivity index (χ4n) is 1.54. The van der Waals surface area contributed by atoms with Crippen LogP contribution in [0.4, 0.5) is 10.5 Å². The molecule has 0 fully saturated rings. The fourth-order valence-corrected chi connectivity index (χ4v) is 1.54. The van der Waals surface area contributed by atoms with Crippen molar-refractivity contribution in [2.24, 2.45) is 0 Å². The molecule has 0 bridgehead atoms. The molecule has 0 aliphatic rings. The third kappa shape index (κ3) is 4.33. The second kappa shape index (κ2) is 7.48. The third-order valence-corrected chi connectivity index (χ3v) is 2.69. The zero-order chi connectivity index (χ0) is 14.3. The second-order valence-electron chi connectivity index (χ2n) is 3.96. The summed E-state index contributed by atoms with van der Waals surface area (Å²) in [4.78, 5) is 11.7. The summed E-state index contributed by atoms with van der Waals surface area (Å²) >= 11 is 0. The van der Waals surface area contributed by atoms with Gasteiger partial charge in [0, 0.05) is 11.8 Å². The molecule has 6 heteroatoms. The fraction of sp³-hybridized carbons (Fsp3) is 0.462. The molecule has 2 amide bonds. The summed E-state index contributed by atoms with van der Waals surface area (Å²) in [7, 11) is 3.07. The number of hydrogen-bond acceptors (Lipinski definition) is 4. The van der Waals surface area contributed by atoms with E-state index in [1.54, 1.807) is 25.3 Å². The van der Waals surface area contributed by atoms with Crippen molar-refractivity contribution in [3.05, 3.63) is 18.2 Å². The topological polar surface area (TPSA) is 79.8 Å². The van der Waals surface area contributed by atoms with E-state index in [4.69, 9.17) is 14.6 Å². The van der Waals surface area contributed by atoms with Gasteiger partial charge >= 0.3 is 6.03 Å². The predicted molar refractivity (Wildman–Crippen MR) is 72.9 cm³/mol. The van der Waals surface area contributed by atoms with Crippen molar-refractivity contribution in [3.8, 4) is 11.5 Å². The lowest BCUT2D eigenvalue weighted by Crippen LogP contribution is -2.39. The van der Waals surface area contributed by atoms with Crippen molar-refractivity contribution in [1.29, 1.82) is 0 Å². The lowest BCUT2D eigenvalue weighted by atomic mass is 10.2. The van der Waals surface area contributed by atoms with E-state index in [1.165, 1.54) is 7.11 Å². The summed E-state index contributed by atoms with van der Waals surface area (Å²) in [6.07, 6.45) is 0.663. The number of carbonyl (C=O) groups excluding carboxylic acids is 1. The van der Waals surface area contributed by atoms with Crippen LogP contribution in [0, 0.1) is 0 Å². The van der Waals surface area contributed by atoms with Crippen molar-refractivity contribution < 1.29 is 19.4 Å². The number of anilines is 1. The van der Waals surface area contributed by atoms with Crippen molar-refractivity contribution in [1.82, 2.24) is 5.32 Å². The Morgan fingerprint density at radius 1 is 1.32 bits per heavy atom. The van der Waals surface area contributed by atoms with E-state index in [0.29, 0.717) is 23.6 Å². The molecule has 1 atom stereocenters. The first-order valence-corrected chi connectivity index (χ1v) is 6.05. The Morgan fingerprint density at radius 2 is 2.00 bits per heavy atom. The summed E-state index contributed by atoms with van der Waals surface area (Å²) in [6, 6.07) is 4.46. The van der Waals surface area contributed by atoms with Crippen molar-refractivity contribution in [2.75, 3.05) is 26.1 Å². The average Bonchev–Trinajstić information content (AvgIpc) is 2.44. The number of carbonyl (C=O) groups is 1. The van der Waals surface area contributed by atoms with Gasteiger partial charge in [0.05, 0.1) is 26.9 Å². The van der Waals surface area contributed by atoms with Crippen LogP contribution < -0.4 is 20.1 Å². The van der Waals surface area contributed by atoms with Gasteiger partial charge in [-0.15, -0.1) is 0 Å². The van der Waals surface area contributed by atoms with E-state index in [-0.39, 0.29) is 18.7 Å². The van der Waals surface area contributed by atoms with Gasteiger partial charge < -0.3 is 25.2 Å². The molecule has 0 aliphatic carbocycles. The van der Waals surface area contributed by atoms with Gasteiger partial charge in [-0.25, -0.2) is 4.79 Å². The third-order valence-electron chi connectivity index (χ3n) is 2.69. The largest absolute Gasteiger partial charge is 0.493 e. The number of aliphatic hydroxyl groups is 1. The lowest BCUT2D eigenvalue weighted by molar-refractivity contribution is 0.222. The molecule has 1 aromatic carbocycles. The van der Waals surface area contributed by atoms with Crippen LogP contribution in [0.15, 0.2) is 18.2 Å². The Bertz CT molecular complexity index is 419. The van der Waals surface area contributed by atoms with Gasteiger partial charge in [-0.3, -0.25) is 0 Å². The summed E-state index contributed by atoms with van der Waals surface area (Å²) in [5.41, 5.74) is 0.586. The van der Waals surface area contributed by atoms with Crippen LogP contribution in [-0.4, -0.2) is 38.0 Å². The van der Waals surface area contributed by atoms with Gasteiger partial charge in [-0.1, -0.05) is 6.92 Å². The highest BCUT2D eigenvalue weighted by molar-refractivity contribution is 5.89. The average molecular weight is 268 g/mol. The van der Waals surface area contributed by atoms with Gasteiger partial charge in [0.25, 0.3) is 0 Å². The molecular weight excluding hydrogens is 248 g/mol. The van der Waals surface area contributed by atoms with Crippen LogP contribution in [0.5, 0.6) is 11.5 Å². The summed E-state index contributed by atoms with van der Waals surface area (Å²) < 4.78 is 10.3. The molecule has 106 valence electrons. The molecule has 6 nitrogen and oxygen atoms in total. The van der Waals surface area contributed by atoms with Crippen molar-refractivity contribution in [3.63, 3.8) is 0 Å². The maximum Gasteiger partial charge on any atom is 0.319 e. The van der Waals surface area contributed by atoms with Gasteiger partial charge in [0.2, 0.25) is 0 Å². The molecule has 1 unspecified atom stereocenters. The first-order valence-electron chi connectivity index (χ1n) is 6.05. The van der Waals surface area contributed by atoms with E-state index in [1.807, 2.05) is 6.92 Å². The molecular formula is C13H20N2O4. The lowest BCUT2D eigenvalue weighted by Gasteiger charge is -2.15. The normalized spacial score (nSPS) is 11.6. The zero-order valence-corrected chi connectivity index (χ0v) is 11.4. The van der Waals surface area contributed by atoms with E-state index in [2.05, 4.69) is 10.6 Å². The Kier molecular flexibility index (Phi) is 5.95. The van der Waals surface area contributed by atoms with Crippen LogP contribution in [0.2, 0.25) is 0 Å². The highest BCUT2D eigenvalue weighted by Crippen LogP contribution is 2.29. The predicted octanol–water partition coefficient (Wildman–Crippen LogP) is 1.60. The maximum atomic E-state index is 11.7. The summed E-state index contributed by atoms with van der Waals surface area (Å²) in [5, 5.41) is 14.3. The smallest absolute Gasteiger partial charge is 0.319 e. The van der Waals surface area contributed by atoms with Gasteiger partial charge in [0.15, 0.2) is 11.5 Å². The van der Waals surface area contributed by atoms with Gasteiger partial charge in [-0.2, -0.15) is 0 Å². The SMILES string of the molecule is CCC(CO)NC(=O)Nc1ccc(OC)c(OC)c1. The van der Waals surface area contributed by atoms with E-state index < -0.39 is 0 Å². The van der Waals surface area contributed by atoms with Crippen molar-refractivity contribution >= 4 is 11.7 Å². The standard InChI is InChI=1S/C13H20N2O4/c1-4-9(8-16)14-13(17)15-10-5-6-11(18-2)12(7-10)19-3/h5-7,9,16H,4,8H2,1-3H3,(H2,14,15,17). The van der Waals surface area contributed by atoms with Gasteiger partial charge in [-0.05, 0) is 18.6 Å². The molecule has 0 spiro atoms. The number of hydrogen-bond donors (Lipinski definition) is 3. The van der Waals surface area contributed by atoms with Crippen LogP contribution in [0.3, 0.4) is 0 Å². The number of aliphatic hydroxyl groups excluding tert-OH is 1. The van der Waals surface area contributed by atoms with E-state index in [9.17, 15) is 4.79 Å². The van der Waals surface area contributed by atoms with Crippen molar-refractivity contribution in [2.45, 2.75) is 19.4 Å².